The van der Waals surface area contributed by atoms with Crippen molar-refractivity contribution in [1.29, 1.82) is 0 Å². The van der Waals surface area contributed by atoms with Crippen molar-refractivity contribution in [2.75, 3.05) is 6.54 Å². The lowest BCUT2D eigenvalue weighted by Crippen LogP contribution is -2.69. The van der Waals surface area contributed by atoms with Crippen molar-refractivity contribution in [3.63, 3.8) is 0 Å². The second-order valence-electron chi connectivity index (χ2n) is 6.12. The van der Waals surface area contributed by atoms with E-state index in [-0.39, 0.29) is 17.9 Å². The molecule has 0 aliphatic carbocycles. The fraction of sp³-hybridized carbons (Fsp3) is 0.875. The standard InChI is InChI=1S/C16H30N2O2/c1-6-10-13-14(19)17-16(5,9-4)15(20)18(13)11-12(7-2)8-3/h12-13H,6-11H2,1-5H3,(H,17,19). The average Bonchev–Trinajstić information content (AvgIpc) is 2.44. The van der Waals surface area contributed by atoms with Gasteiger partial charge in [-0.2, -0.15) is 0 Å². The molecule has 0 aromatic carbocycles. The molecule has 1 fully saturated rings. The number of carbonyl (C=O) groups is 2. The summed E-state index contributed by atoms with van der Waals surface area (Å²) in [6.45, 7) is 10.9. The van der Waals surface area contributed by atoms with E-state index in [1.165, 1.54) is 0 Å². The van der Waals surface area contributed by atoms with E-state index < -0.39 is 5.54 Å². The van der Waals surface area contributed by atoms with Crippen LogP contribution >= 0.6 is 0 Å². The van der Waals surface area contributed by atoms with Crippen LogP contribution in [0.1, 0.15) is 66.7 Å². The van der Waals surface area contributed by atoms with E-state index in [4.69, 9.17) is 0 Å². The Kier molecular flexibility index (Phi) is 6.03. The first-order valence-electron chi connectivity index (χ1n) is 8.06. The highest BCUT2D eigenvalue weighted by Gasteiger charge is 2.46. The summed E-state index contributed by atoms with van der Waals surface area (Å²) >= 11 is 0. The van der Waals surface area contributed by atoms with Crippen LogP contribution in [0.25, 0.3) is 0 Å². The number of nitrogens with zero attached hydrogens (tertiary/aromatic N) is 1. The lowest BCUT2D eigenvalue weighted by atomic mass is 9.89. The van der Waals surface area contributed by atoms with Crippen molar-refractivity contribution in [3.8, 4) is 0 Å². The Morgan fingerprint density at radius 1 is 1.20 bits per heavy atom. The van der Waals surface area contributed by atoms with Crippen LogP contribution in [0.5, 0.6) is 0 Å². The van der Waals surface area contributed by atoms with Crippen molar-refractivity contribution in [1.82, 2.24) is 10.2 Å². The number of piperazine rings is 1. The largest absolute Gasteiger partial charge is 0.340 e. The summed E-state index contributed by atoms with van der Waals surface area (Å²) in [5.74, 6) is 0.581. The molecule has 1 saturated heterocycles. The van der Waals surface area contributed by atoms with Gasteiger partial charge in [0.15, 0.2) is 0 Å². The van der Waals surface area contributed by atoms with Crippen molar-refractivity contribution in [2.24, 2.45) is 5.92 Å². The molecule has 2 unspecified atom stereocenters. The summed E-state index contributed by atoms with van der Waals surface area (Å²) < 4.78 is 0. The monoisotopic (exact) mass is 282 g/mol. The van der Waals surface area contributed by atoms with Gasteiger partial charge in [-0.25, -0.2) is 0 Å². The van der Waals surface area contributed by atoms with E-state index >= 15 is 0 Å². The molecule has 0 radical (unpaired) electrons. The number of hydrogen-bond acceptors (Lipinski definition) is 2. The van der Waals surface area contributed by atoms with Crippen molar-refractivity contribution in [2.45, 2.75) is 78.3 Å². The first-order valence-corrected chi connectivity index (χ1v) is 8.06. The molecule has 1 heterocycles. The fourth-order valence-electron chi connectivity index (χ4n) is 2.84. The third-order valence-corrected chi connectivity index (χ3v) is 4.69. The van der Waals surface area contributed by atoms with Crippen molar-refractivity contribution in [3.05, 3.63) is 0 Å². The van der Waals surface area contributed by atoms with Crippen LogP contribution in [-0.4, -0.2) is 34.8 Å². The zero-order valence-corrected chi connectivity index (χ0v) is 13.7. The van der Waals surface area contributed by atoms with E-state index in [9.17, 15) is 9.59 Å². The smallest absolute Gasteiger partial charge is 0.248 e. The average molecular weight is 282 g/mol. The quantitative estimate of drug-likeness (QED) is 0.780. The van der Waals surface area contributed by atoms with Crippen LogP contribution in [0.4, 0.5) is 0 Å². The Labute approximate surface area is 123 Å². The zero-order valence-electron chi connectivity index (χ0n) is 13.7. The zero-order chi connectivity index (χ0) is 15.3. The second-order valence-corrected chi connectivity index (χ2v) is 6.12. The number of amides is 2. The van der Waals surface area contributed by atoms with Gasteiger partial charge in [0.1, 0.15) is 11.6 Å². The molecule has 116 valence electrons. The molecular formula is C16H30N2O2. The number of nitrogens with one attached hydrogen (secondary N) is 1. The third kappa shape index (κ3) is 3.33. The Morgan fingerprint density at radius 3 is 2.25 bits per heavy atom. The third-order valence-electron chi connectivity index (χ3n) is 4.69. The van der Waals surface area contributed by atoms with Gasteiger partial charge in [0.2, 0.25) is 11.8 Å². The minimum Gasteiger partial charge on any atom is -0.340 e. The SMILES string of the molecule is CCCC1C(=O)NC(C)(CC)C(=O)N1CC(CC)CC. The van der Waals surface area contributed by atoms with Gasteiger partial charge in [0, 0.05) is 6.54 Å². The predicted octanol–water partition coefficient (Wildman–Crippen LogP) is 2.72. The van der Waals surface area contributed by atoms with Crippen molar-refractivity contribution >= 4 is 11.8 Å². The summed E-state index contributed by atoms with van der Waals surface area (Å²) in [4.78, 5) is 27.0. The van der Waals surface area contributed by atoms with Crippen LogP contribution in [0.2, 0.25) is 0 Å². The summed E-state index contributed by atoms with van der Waals surface area (Å²) in [5, 5.41) is 2.94. The lowest BCUT2D eigenvalue weighted by molar-refractivity contribution is -0.155. The van der Waals surface area contributed by atoms with E-state index in [0.717, 1.165) is 25.7 Å². The maximum atomic E-state index is 12.8. The van der Waals surface area contributed by atoms with Crippen LogP contribution in [0.15, 0.2) is 0 Å². The highest BCUT2D eigenvalue weighted by Crippen LogP contribution is 2.25. The van der Waals surface area contributed by atoms with Gasteiger partial charge in [-0.3, -0.25) is 9.59 Å². The molecule has 0 bridgehead atoms. The maximum absolute atomic E-state index is 12.8. The normalized spacial score (nSPS) is 27.1. The van der Waals surface area contributed by atoms with E-state index in [1.54, 1.807) is 0 Å². The predicted molar refractivity (Wildman–Crippen MR) is 81.3 cm³/mol. The van der Waals surface area contributed by atoms with Crippen LogP contribution in [0, 0.1) is 5.92 Å². The molecule has 20 heavy (non-hydrogen) atoms. The Bertz CT molecular complexity index is 352. The van der Waals surface area contributed by atoms with Gasteiger partial charge in [-0.15, -0.1) is 0 Å². The molecule has 0 aromatic rings. The maximum Gasteiger partial charge on any atom is 0.248 e. The highest BCUT2D eigenvalue weighted by molar-refractivity contribution is 5.99. The van der Waals surface area contributed by atoms with Crippen LogP contribution < -0.4 is 5.32 Å². The van der Waals surface area contributed by atoms with Crippen molar-refractivity contribution < 1.29 is 9.59 Å². The summed E-state index contributed by atoms with van der Waals surface area (Å²) in [5.41, 5.74) is -0.729. The van der Waals surface area contributed by atoms with Gasteiger partial charge in [-0.1, -0.05) is 47.0 Å². The van der Waals surface area contributed by atoms with Gasteiger partial charge < -0.3 is 10.2 Å². The number of rotatable bonds is 7. The second kappa shape index (κ2) is 7.09. The molecule has 2 amide bonds. The van der Waals surface area contributed by atoms with Crippen LogP contribution in [0.3, 0.4) is 0 Å². The molecule has 2 atom stereocenters. The number of carbonyl (C=O) groups excluding carboxylic acids is 2. The first kappa shape index (κ1) is 17.0. The minimum atomic E-state index is -0.729. The molecule has 1 aliphatic rings. The molecule has 1 rings (SSSR count). The number of hydrogen-bond donors (Lipinski definition) is 1. The first-order chi connectivity index (χ1) is 9.43. The Balaban J connectivity index is 3.01. The van der Waals surface area contributed by atoms with Gasteiger partial charge >= 0.3 is 0 Å². The molecule has 4 heteroatoms. The van der Waals surface area contributed by atoms with Gasteiger partial charge in [0.25, 0.3) is 0 Å². The fourth-order valence-corrected chi connectivity index (χ4v) is 2.84. The van der Waals surface area contributed by atoms with E-state index in [0.29, 0.717) is 18.9 Å². The molecule has 4 nitrogen and oxygen atoms in total. The highest BCUT2D eigenvalue weighted by atomic mass is 16.2. The summed E-state index contributed by atoms with van der Waals surface area (Å²) in [6.07, 6.45) is 4.38. The van der Waals surface area contributed by atoms with Gasteiger partial charge in [0.05, 0.1) is 0 Å². The minimum absolute atomic E-state index is 0.0155. The lowest BCUT2D eigenvalue weighted by Gasteiger charge is -2.45. The Hall–Kier alpha value is -1.06. The summed E-state index contributed by atoms with van der Waals surface area (Å²) in [7, 11) is 0. The molecule has 1 N–H and O–H groups in total. The topological polar surface area (TPSA) is 49.4 Å². The van der Waals surface area contributed by atoms with E-state index in [2.05, 4.69) is 26.1 Å². The Morgan fingerprint density at radius 2 is 1.80 bits per heavy atom. The molecule has 0 saturated carbocycles. The molecule has 0 spiro atoms. The molecule has 0 aromatic heterocycles. The summed E-state index contributed by atoms with van der Waals surface area (Å²) in [6, 6.07) is -0.285. The van der Waals surface area contributed by atoms with E-state index in [1.807, 2.05) is 18.7 Å². The molecule has 1 aliphatic heterocycles. The molecular weight excluding hydrogens is 252 g/mol. The van der Waals surface area contributed by atoms with Crippen LogP contribution in [-0.2, 0) is 9.59 Å². The van der Waals surface area contributed by atoms with Gasteiger partial charge in [-0.05, 0) is 25.7 Å².